The number of phosphoric ester groups is 1. The first kappa shape index (κ1) is 25.9. The molecular formula is C23H27F2N4O7P. The maximum atomic E-state index is 15.2. The van der Waals surface area contributed by atoms with E-state index in [-0.39, 0.29) is 11.9 Å². The number of nitrogens with zero attached hydrogens (tertiary/aromatic N) is 2. The molecule has 0 spiro atoms. The standard InChI is InChI=1S/C23H27F2N4O7P/c1-12(2)35-37(32)33-11-17-19(36-37)23(24,25)21(34-17)29-9-8-18(28-22(29)31)27-20(30)15-7-6-14-5-4-13(3)26-16(14)10-15/h6-10,12-13,17,19,21,26H,4-5,11H2,1-3H3,(H,27,28,30,31)/t13?,17-,19-,21?,37?/m1/s1. The number of carbonyl (C=O) groups is 1. The third kappa shape index (κ3) is 5.06. The molecule has 5 rings (SSSR count). The SMILES string of the molecule is CC1CCc2ccc(C(=O)Nc3ccn(C4O[C@@H]5COP(=O)(OC(C)C)O[C@H]5C4(F)F)c(=O)n3)cc2N1. The summed E-state index contributed by atoms with van der Waals surface area (Å²) in [5, 5.41) is 5.85. The van der Waals surface area contributed by atoms with Gasteiger partial charge >= 0.3 is 19.4 Å². The first-order valence-corrected chi connectivity index (χ1v) is 13.4. The van der Waals surface area contributed by atoms with E-state index in [1.807, 2.05) is 6.07 Å². The van der Waals surface area contributed by atoms with Crippen LogP contribution in [0.25, 0.3) is 0 Å². The van der Waals surface area contributed by atoms with E-state index in [1.54, 1.807) is 26.0 Å². The van der Waals surface area contributed by atoms with E-state index in [1.165, 1.54) is 6.07 Å². The number of rotatable bonds is 5. The molecule has 1 aromatic carbocycles. The lowest BCUT2D eigenvalue weighted by Crippen LogP contribution is -2.45. The molecule has 37 heavy (non-hydrogen) atoms. The Balaban J connectivity index is 1.32. The van der Waals surface area contributed by atoms with E-state index in [4.69, 9.17) is 18.3 Å². The molecule has 2 N–H and O–H groups in total. The number of nitrogens with one attached hydrogen (secondary N) is 2. The Bertz CT molecular complexity index is 1320. The van der Waals surface area contributed by atoms with Crippen LogP contribution in [0.2, 0.25) is 0 Å². The first-order chi connectivity index (χ1) is 17.4. The Kier molecular flexibility index (Phi) is 6.70. The Hall–Kier alpha value is -2.70. The molecule has 200 valence electrons. The first-order valence-electron chi connectivity index (χ1n) is 11.9. The summed E-state index contributed by atoms with van der Waals surface area (Å²) in [6.07, 6.45) is -2.98. The van der Waals surface area contributed by atoms with Crippen molar-refractivity contribution >= 4 is 25.2 Å². The van der Waals surface area contributed by atoms with Gasteiger partial charge in [-0.1, -0.05) is 6.07 Å². The van der Waals surface area contributed by atoms with Gasteiger partial charge in [0.1, 0.15) is 11.9 Å². The molecule has 1 amide bonds. The molecule has 3 aliphatic heterocycles. The minimum atomic E-state index is -4.23. The quantitative estimate of drug-likeness (QED) is 0.545. The van der Waals surface area contributed by atoms with Gasteiger partial charge in [0.25, 0.3) is 5.91 Å². The van der Waals surface area contributed by atoms with Gasteiger partial charge in [-0.25, -0.2) is 9.36 Å². The van der Waals surface area contributed by atoms with Crippen LogP contribution in [0.1, 0.15) is 49.3 Å². The molecule has 0 radical (unpaired) electrons. The Morgan fingerprint density at radius 3 is 2.86 bits per heavy atom. The number of amides is 1. The molecule has 2 fully saturated rings. The molecule has 5 atom stereocenters. The van der Waals surface area contributed by atoms with Crippen LogP contribution in [-0.4, -0.2) is 52.3 Å². The molecule has 2 aromatic rings. The molecular weight excluding hydrogens is 513 g/mol. The number of aryl methyl sites for hydroxylation is 1. The van der Waals surface area contributed by atoms with Crippen LogP contribution in [0.4, 0.5) is 20.3 Å². The average molecular weight is 540 g/mol. The Labute approximate surface area is 211 Å². The summed E-state index contributed by atoms with van der Waals surface area (Å²) in [5.41, 5.74) is 1.25. The number of anilines is 2. The number of aromatic nitrogens is 2. The molecule has 0 aliphatic carbocycles. The van der Waals surface area contributed by atoms with Crippen molar-refractivity contribution in [1.29, 1.82) is 0 Å². The minimum absolute atomic E-state index is 0.113. The Morgan fingerprint density at radius 2 is 2.14 bits per heavy atom. The van der Waals surface area contributed by atoms with Crippen molar-refractivity contribution in [2.75, 3.05) is 17.2 Å². The summed E-state index contributed by atoms with van der Waals surface area (Å²) in [6.45, 7) is 4.70. The number of hydrogen-bond acceptors (Lipinski definition) is 9. The third-order valence-electron chi connectivity index (χ3n) is 6.27. The minimum Gasteiger partial charge on any atom is -0.382 e. The summed E-state index contributed by atoms with van der Waals surface area (Å²) in [7, 11) is -4.23. The fourth-order valence-corrected chi connectivity index (χ4v) is 6.08. The van der Waals surface area contributed by atoms with Crippen LogP contribution in [0.15, 0.2) is 35.3 Å². The van der Waals surface area contributed by atoms with Crippen molar-refractivity contribution in [2.45, 2.75) is 70.1 Å². The van der Waals surface area contributed by atoms with Crippen LogP contribution in [0, 0.1) is 0 Å². The Morgan fingerprint density at radius 1 is 1.35 bits per heavy atom. The summed E-state index contributed by atoms with van der Waals surface area (Å²) in [5.74, 6) is -4.38. The second-order valence-corrected chi connectivity index (χ2v) is 11.1. The van der Waals surface area contributed by atoms with Gasteiger partial charge in [-0.05, 0) is 57.4 Å². The van der Waals surface area contributed by atoms with Gasteiger partial charge in [0.05, 0.1) is 12.7 Å². The van der Waals surface area contributed by atoms with Gasteiger partial charge in [-0.2, -0.15) is 13.8 Å². The average Bonchev–Trinajstić information content (AvgIpc) is 3.07. The largest absolute Gasteiger partial charge is 0.475 e. The van der Waals surface area contributed by atoms with Gasteiger partial charge in [-0.3, -0.25) is 22.9 Å². The molecule has 3 unspecified atom stereocenters. The van der Waals surface area contributed by atoms with Crippen LogP contribution < -0.4 is 16.3 Å². The fourth-order valence-electron chi connectivity index (χ4n) is 4.51. The summed E-state index contributed by atoms with van der Waals surface area (Å²) >= 11 is 0. The lowest BCUT2D eigenvalue weighted by molar-refractivity contribution is -0.139. The van der Waals surface area contributed by atoms with E-state index < -0.39 is 56.5 Å². The highest BCUT2D eigenvalue weighted by molar-refractivity contribution is 7.48. The number of benzene rings is 1. The molecule has 0 saturated carbocycles. The van der Waals surface area contributed by atoms with E-state index in [0.717, 1.165) is 30.3 Å². The zero-order valence-electron chi connectivity index (χ0n) is 20.4. The highest BCUT2D eigenvalue weighted by Crippen LogP contribution is 2.60. The molecule has 11 nitrogen and oxygen atoms in total. The molecule has 2 saturated heterocycles. The number of phosphoric acid groups is 1. The van der Waals surface area contributed by atoms with Gasteiger partial charge in [0.2, 0.25) is 6.23 Å². The van der Waals surface area contributed by atoms with Crippen LogP contribution in [0.5, 0.6) is 0 Å². The van der Waals surface area contributed by atoms with E-state index in [9.17, 15) is 14.2 Å². The molecule has 0 bridgehead atoms. The van der Waals surface area contributed by atoms with Crippen molar-refractivity contribution in [3.63, 3.8) is 0 Å². The monoisotopic (exact) mass is 540 g/mol. The summed E-state index contributed by atoms with van der Waals surface area (Å²) in [4.78, 5) is 29.1. The highest BCUT2D eigenvalue weighted by atomic mass is 31.2. The molecule has 14 heteroatoms. The second-order valence-electron chi connectivity index (χ2n) is 9.54. The lowest BCUT2D eigenvalue weighted by Gasteiger charge is -2.32. The molecule has 3 aliphatic rings. The maximum absolute atomic E-state index is 15.2. The number of halogens is 2. The number of hydrogen-bond donors (Lipinski definition) is 2. The van der Waals surface area contributed by atoms with E-state index >= 15 is 8.78 Å². The fraction of sp³-hybridized carbons (Fsp3) is 0.522. The molecule has 1 aromatic heterocycles. The van der Waals surface area contributed by atoms with Gasteiger partial charge in [0, 0.05) is 23.5 Å². The predicted molar refractivity (Wildman–Crippen MR) is 128 cm³/mol. The maximum Gasteiger partial charge on any atom is 0.475 e. The van der Waals surface area contributed by atoms with Gasteiger partial charge < -0.3 is 15.4 Å². The zero-order valence-corrected chi connectivity index (χ0v) is 21.2. The van der Waals surface area contributed by atoms with Crippen molar-refractivity contribution in [1.82, 2.24) is 9.55 Å². The van der Waals surface area contributed by atoms with Crippen molar-refractivity contribution in [2.24, 2.45) is 0 Å². The normalized spacial score (nSPS) is 30.3. The lowest BCUT2D eigenvalue weighted by atomic mass is 9.97. The topological polar surface area (TPSA) is 130 Å². The van der Waals surface area contributed by atoms with Crippen molar-refractivity contribution < 1.29 is 36.4 Å². The predicted octanol–water partition coefficient (Wildman–Crippen LogP) is 3.72. The van der Waals surface area contributed by atoms with Gasteiger partial charge in [0.15, 0.2) is 6.10 Å². The number of ether oxygens (including phenoxy) is 1. The number of carbonyl (C=O) groups excluding carboxylic acids is 1. The van der Waals surface area contributed by atoms with Crippen LogP contribution in [-0.2, 0) is 29.3 Å². The van der Waals surface area contributed by atoms with Crippen LogP contribution >= 0.6 is 7.82 Å². The third-order valence-corrected chi connectivity index (χ3v) is 7.90. The summed E-state index contributed by atoms with van der Waals surface area (Å²) in [6, 6.07) is 6.76. The molecule has 4 heterocycles. The highest BCUT2D eigenvalue weighted by Gasteiger charge is 2.65. The van der Waals surface area contributed by atoms with Crippen LogP contribution in [0.3, 0.4) is 0 Å². The number of fused-ring (bicyclic) bond motifs is 2. The van der Waals surface area contributed by atoms with Gasteiger partial charge in [-0.15, -0.1) is 0 Å². The zero-order chi connectivity index (χ0) is 26.5. The van der Waals surface area contributed by atoms with E-state index in [0.29, 0.717) is 10.1 Å². The summed E-state index contributed by atoms with van der Waals surface area (Å²) < 4.78 is 64.1. The smallest absolute Gasteiger partial charge is 0.382 e. The van der Waals surface area contributed by atoms with E-state index in [2.05, 4.69) is 22.5 Å². The number of alkyl halides is 2. The second kappa shape index (κ2) is 9.55. The van der Waals surface area contributed by atoms with Crippen molar-refractivity contribution in [3.05, 3.63) is 52.1 Å². The van der Waals surface area contributed by atoms with Crippen molar-refractivity contribution in [3.8, 4) is 0 Å².